The van der Waals surface area contributed by atoms with Crippen LogP contribution in [0.5, 0.6) is 0 Å². The molecule has 0 saturated carbocycles. The number of thioether (sulfide) groups is 1. The smallest absolute Gasteiger partial charge is 0.0787 e. The van der Waals surface area contributed by atoms with Gasteiger partial charge in [0.05, 0.1) is 16.8 Å². The number of halogens is 2. The zero-order valence-electron chi connectivity index (χ0n) is 7.92. The zero-order chi connectivity index (χ0) is 10.8. The molecule has 0 fully saturated rings. The Labute approximate surface area is 102 Å². The molecule has 78 valence electrons. The molecular weight excluding hydrogens is 251 g/mol. The van der Waals surface area contributed by atoms with Crippen molar-refractivity contribution in [3.8, 4) is 11.3 Å². The summed E-state index contributed by atoms with van der Waals surface area (Å²) in [7, 11) is 0. The third kappa shape index (κ3) is 2.30. The highest BCUT2D eigenvalue weighted by molar-refractivity contribution is 7.98. The third-order valence-electron chi connectivity index (χ3n) is 1.98. The van der Waals surface area contributed by atoms with Crippen molar-refractivity contribution in [2.75, 3.05) is 6.26 Å². The fourth-order valence-electron chi connectivity index (χ4n) is 1.33. The van der Waals surface area contributed by atoms with Crippen molar-refractivity contribution < 1.29 is 0 Å². The van der Waals surface area contributed by atoms with Crippen molar-refractivity contribution in [1.29, 1.82) is 0 Å². The molecule has 2 nitrogen and oxygen atoms in total. The lowest BCUT2D eigenvalue weighted by atomic mass is 10.1. The molecule has 0 saturated heterocycles. The quantitative estimate of drug-likeness (QED) is 0.822. The van der Waals surface area contributed by atoms with Gasteiger partial charge in [-0.25, -0.2) is 0 Å². The average Bonchev–Trinajstić information content (AvgIpc) is 2.63. The number of nitrogens with zero attached hydrogens (tertiary/aromatic N) is 1. The van der Waals surface area contributed by atoms with E-state index in [0.29, 0.717) is 10.0 Å². The number of benzene rings is 1. The van der Waals surface area contributed by atoms with E-state index in [9.17, 15) is 0 Å². The lowest BCUT2D eigenvalue weighted by Gasteiger charge is -2.02. The summed E-state index contributed by atoms with van der Waals surface area (Å²) in [6, 6.07) is 5.43. The van der Waals surface area contributed by atoms with E-state index in [1.54, 1.807) is 24.0 Å². The summed E-state index contributed by atoms with van der Waals surface area (Å²) >= 11 is 13.5. The first kappa shape index (κ1) is 10.9. The van der Waals surface area contributed by atoms with Crippen LogP contribution >= 0.6 is 35.0 Å². The largest absolute Gasteiger partial charge is 0.277 e. The van der Waals surface area contributed by atoms with Crippen molar-refractivity contribution in [1.82, 2.24) is 10.2 Å². The molecule has 0 aliphatic heterocycles. The Morgan fingerprint density at radius 1 is 1.20 bits per heavy atom. The van der Waals surface area contributed by atoms with Crippen LogP contribution in [0.4, 0.5) is 0 Å². The van der Waals surface area contributed by atoms with Gasteiger partial charge in [0.2, 0.25) is 0 Å². The Hall–Kier alpha value is -0.640. The maximum atomic E-state index is 5.94. The molecule has 0 amide bonds. The second-order valence-electron chi connectivity index (χ2n) is 2.97. The molecule has 0 radical (unpaired) electrons. The van der Waals surface area contributed by atoms with E-state index >= 15 is 0 Å². The van der Waals surface area contributed by atoms with Gasteiger partial charge in [-0.3, -0.25) is 5.10 Å². The first-order valence-corrected chi connectivity index (χ1v) is 6.22. The Morgan fingerprint density at radius 2 is 1.87 bits per heavy atom. The fourth-order valence-corrected chi connectivity index (χ4v) is 2.39. The SMILES string of the molecule is CSc1cn[nH]c1-c1cc(Cl)cc(Cl)c1. The maximum absolute atomic E-state index is 5.94. The topological polar surface area (TPSA) is 28.7 Å². The number of hydrogen-bond acceptors (Lipinski definition) is 2. The molecular formula is C10H8Cl2N2S. The molecule has 5 heteroatoms. The molecule has 1 aromatic carbocycles. The van der Waals surface area contributed by atoms with E-state index in [-0.39, 0.29) is 0 Å². The van der Waals surface area contributed by atoms with Gasteiger partial charge in [-0.1, -0.05) is 23.2 Å². The summed E-state index contributed by atoms with van der Waals surface area (Å²) < 4.78 is 0. The maximum Gasteiger partial charge on any atom is 0.0787 e. The van der Waals surface area contributed by atoms with Crippen LogP contribution in [0.3, 0.4) is 0 Å². The highest BCUT2D eigenvalue weighted by Gasteiger charge is 2.08. The van der Waals surface area contributed by atoms with Gasteiger partial charge in [0.1, 0.15) is 0 Å². The highest BCUT2D eigenvalue weighted by atomic mass is 35.5. The van der Waals surface area contributed by atoms with E-state index in [4.69, 9.17) is 23.2 Å². The Kier molecular flexibility index (Phi) is 3.24. The number of hydrogen-bond donors (Lipinski definition) is 1. The summed E-state index contributed by atoms with van der Waals surface area (Å²) in [4.78, 5) is 1.08. The highest BCUT2D eigenvalue weighted by Crippen LogP contribution is 2.31. The molecule has 2 aromatic rings. The van der Waals surface area contributed by atoms with Crippen molar-refractivity contribution in [3.05, 3.63) is 34.4 Å². The molecule has 2 rings (SSSR count). The minimum atomic E-state index is 0.624. The number of aromatic nitrogens is 2. The molecule has 1 N–H and O–H groups in total. The van der Waals surface area contributed by atoms with Gasteiger partial charge in [0.15, 0.2) is 0 Å². The standard InChI is InChI=1S/C10H8Cl2N2S/c1-15-9-5-13-14-10(9)6-2-7(11)4-8(12)3-6/h2-5H,1H3,(H,13,14). The van der Waals surface area contributed by atoms with E-state index in [1.807, 2.05) is 18.4 Å². The van der Waals surface area contributed by atoms with Crippen LogP contribution in [0.25, 0.3) is 11.3 Å². The minimum Gasteiger partial charge on any atom is -0.277 e. The minimum absolute atomic E-state index is 0.624. The predicted octanol–water partition coefficient (Wildman–Crippen LogP) is 4.11. The van der Waals surface area contributed by atoms with Gasteiger partial charge in [-0.2, -0.15) is 5.10 Å². The Balaban J connectivity index is 2.53. The van der Waals surface area contributed by atoms with Crippen molar-refractivity contribution in [2.24, 2.45) is 0 Å². The van der Waals surface area contributed by atoms with Crippen LogP contribution in [-0.4, -0.2) is 16.5 Å². The molecule has 1 heterocycles. The van der Waals surface area contributed by atoms with E-state index in [0.717, 1.165) is 16.2 Å². The summed E-state index contributed by atoms with van der Waals surface area (Å²) in [6.45, 7) is 0. The Bertz CT molecular complexity index is 462. The fraction of sp³-hybridized carbons (Fsp3) is 0.100. The molecule has 0 aliphatic carbocycles. The number of aromatic amines is 1. The summed E-state index contributed by atoms with van der Waals surface area (Å²) in [6.07, 6.45) is 3.79. The predicted molar refractivity (Wildman–Crippen MR) is 65.8 cm³/mol. The van der Waals surface area contributed by atoms with Gasteiger partial charge in [-0.15, -0.1) is 11.8 Å². The van der Waals surface area contributed by atoms with E-state index in [1.165, 1.54) is 0 Å². The third-order valence-corrected chi connectivity index (χ3v) is 3.16. The van der Waals surface area contributed by atoms with Gasteiger partial charge in [-0.05, 0) is 24.5 Å². The summed E-state index contributed by atoms with van der Waals surface area (Å²) in [5.74, 6) is 0. The van der Waals surface area contributed by atoms with Gasteiger partial charge < -0.3 is 0 Å². The van der Waals surface area contributed by atoms with E-state index in [2.05, 4.69) is 10.2 Å². The van der Waals surface area contributed by atoms with Gasteiger partial charge >= 0.3 is 0 Å². The van der Waals surface area contributed by atoms with Crippen molar-refractivity contribution in [2.45, 2.75) is 4.90 Å². The molecule has 15 heavy (non-hydrogen) atoms. The van der Waals surface area contributed by atoms with Crippen LogP contribution in [0.1, 0.15) is 0 Å². The van der Waals surface area contributed by atoms with Gasteiger partial charge in [0.25, 0.3) is 0 Å². The normalized spacial score (nSPS) is 10.6. The first-order valence-electron chi connectivity index (χ1n) is 4.24. The van der Waals surface area contributed by atoms with Gasteiger partial charge in [0, 0.05) is 15.6 Å². The monoisotopic (exact) mass is 258 g/mol. The lowest BCUT2D eigenvalue weighted by Crippen LogP contribution is -1.81. The second-order valence-corrected chi connectivity index (χ2v) is 4.69. The van der Waals surface area contributed by atoms with Crippen molar-refractivity contribution in [3.63, 3.8) is 0 Å². The van der Waals surface area contributed by atoms with Crippen LogP contribution in [0.15, 0.2) is 29.3 Å². The molecule has 1 aromatic heterocycles. The molecule has 0 unspecified atom stereocenters. The van der Waals surface area contributed by atoms with Crippen LogP contribution < -0.4 is 0 Å². The van der Waals surface area contributed by atoms with Crippen molar-refractivity contribution >= 4 is 35.0 Å². The summed E-state index contributed by atoms with van der Waals surface area (Å²) in [5, 5.41) is 8.18. The molecule has 0 bridgehead atoms. The van der Waals surface area contributed by atoms with Crippen LogP contribution in [-0.2, 0) is 0 Å². The lowest BCUT2D eigenvalue weighted by molar-refractivity contribution is 1.10. The molecule has 0 aliphatic rings. The average molecular weight is 259 g/mol. The van der Waals surface area contributed by atoms with Crippen LogP contribution in [0, 0.1) is 0 Å². The zero-order valence-corrected chi connectivity index (χ0v) is 10.2. The van der Waals surface area contributed by atoms with Crippen LogP contribution in [0.2, 0.25) is 10.0 Å². The number of nitrogens with one attached hydrogen (secondary N) is 1. The number of rotatable bonds is 2. The van der Waals surface area contributed by atoms with E-state index < -0.39 is 0 Å². The summed E-state index contributed by atoms with van der Waals surface area (Å²) in [5.41, 5.74) is 1.90. The Morgan fingerprint density at radius 3 is 2.47 bits per heavy atom. The first-order chi connectivity index (χ1) is 7.20. The molecule has 0 spiro atoms. The number of H-pyrrole nitrogens is 1. The molecule has 0 atom stereocenters. The second kappa shape index (κ2) is 4.47.